The number of nitrogens with one attached hydrogen (secondary N) is 1. The molecule has 2 saturated heterocycles. The van der Waals surface area contributed by atoms with E-state index in [1.165, 1.54) is 18.5 Å². The van der Waals surface area contributed by atoms with Gasteiger partial charge in [-0.05, 0) is 60.8 Å². The minimum absolute atomic E-state index is 0.00403. The Labute approximate surface area is 147 Å². The smallest absolute Gasteiger partial charge is 0.148 e. The van der Waals surface area contributed by atoms with Crippen LogP contribution in [0.5, 0.6) is 0 Å². The van der Waals surface area contributed by atoms with Crippen LogP contribution >= 0.6 is 11.3 Å². The molecule has 0 unspecified atom stereocenters. The lowest BCUT2D eigenvalue weighted by Crippen LogP contribution is -2.47. The summed E-state index contributed by atoms with van der Waals surface area (Å²) in [5, 5.41) is 16.2. The molecule has 2 aromatic heterocycles. The average Bonchev–Trinajstić information content (AvgIpc) is 3.21. The van der Waals surface area contributed by atoms with Crippen LogP contribution in [0.1, 0.15) is 30.5 Å². The molecule has 2 aliphatic rings. The van der Waals surface area contributed by atoms with Crippen LogP contribution in [0.3, 0.4) is 0 Å². The first-order chi connectivity index (χ1) is 11.7. The third kappa shape index (κ3) is 3.61. The largest absolute Gasteiger partial charge is 0.371 e. The van der Waals surface area contributed by atoms with Crippen molar-refractivity contribution in [3.8, 4) is 0 Å². The molecule has 0 radical (unpaired) electrons. The van der Waals surface area contributed by atoms with E-state index >= 15 is 0 Å². The minimum atomic E-state index is 0.00403. The third-order valence-electron chi connectivity index (χ3n) is 4.96. The molecule has 5 nitrogen and oxygen atoms in total. The summed E-state index contributed by atoms with van der Waals surface area (Å²) in [6, 6.07) is 6.53. The van der Waals surface area contributed by atoms with Crippen LogP contribution in [0.15, 0.2) is 29.0 Å². The molecule has 0 saturated carbocycles. The highest BCUT2D eigenvalue weighted by Crippen LogP contribution is 2.36. The molecule has 0 bridgehead atoms. The highest BCUT2D eigenvalue weighted by atomic mass is 32.1. The predicted octanol–water partition coefficient (Wildman–Crippen LogP) is 3.08. The molecule has 2 aliphatic heterocycles. The van der Waals surface area contributed by atoms with Crippen molar-refractivity contribution >= 4 is 17.2 Å². The Morgan fingerprint density at radius 3 is 3.12 bits per heavy atom. The van der Waals surface area contributed by atoms with E-state index in [2.05, 4.69) is 37.2 Å². The minimum Gasteiger partial charge on any atom is -0.371 e. The topological polar surface area (TPSA) is 50.3 Å². The molecule has 0 aliphatic carbocycles. The molecule has 4 rings (SSSR count). The Morgan fingerprint density at radius 1 is 1.38 bits per heavy atom. The Kier molecular flexibility index (Phi) is 4.52. The summed E-state index contributed by atoms with van der Waals surface area (Å²) in [4.78, 5) is 2.54. The van der Waals surface area contributed by atoms with E-state index in [0.717, 1.165) is 44.0 Å². The lowest BCUT2D eigenvalue weighted by molar-refractivity contribution is -0.0532. The van der Waals surface area contributed by atoms with Gasteiger partial charge in [-0.15, -0.1) is 5.10 Å². The van der Waals surface area contributed by atoms with Crippen LogP contribution in [0.4, 0.5) is 5.82 Å². The second-order valence-electron chi connectivity index (χ2n) is 7.05. The lowest BCUT2D eigenvalue weighted by atomic mass is 9.88. The monoisotopic (exact) mass is 344 g/mol. The van der Waals surface area contributed by atoms with Gasteiger partial charge in [0, 0.05) is 19.5 Å². The summed E-state index contributed by atoms with van der Waals surface area (Å²) in [5.41, 5.74) is 2.36. The number of rotatable bonds is 4. The maximum Gasteiger partial charge on any atom is 0.148 e. The second-order valence-corrected chi connectivity index (χ2v) is 7.83. The zero-order valence-electron chi connectivity index (χ0n) is 14.1. The maximum atomic E-state index is 6.29. The van der Waals surface area contributed by atoms with Crippen LogP contribution in [0.2, 0.25) is 0 Å². The van der Waals surface area contributed by atoms with E-state index in [1.54, 1.807) is 11.3 Å². The molecule has 0 amide bonds. The molecule has 4 heterocycles. The van der Waals surface area contributed by atoms with Gasteiger partial charge in [-0.1, -0.05) is 0 Å². The SMILES string of the molecule is Cc1ccc(N[C@H]2CO[C@]3(CCCN(Cc4ccsc4)C3)C2)nn1. The molecule has 0 aromatic carbocycles. The quantitative estimate of drug-likeness (QED) is 0.924. The number of anilines is 1. The van der Waals surface area contributed by atoms with Gasteiger partial charge in [0.25, 0.3) is 0 Å². The molecule has 128 valence electrons. The lowest BCUT2D eigenvalue weighted by Gasteiger charge is -2.39. The van der Waals surface area contributed by atoms with Gasteiger partial charge < -0.3 is 10.1 Å². The standard InChI is InChI=1S/C18H24N4OS/c1-14-3-4-17(21-20-14)19-16-9-18(23-11-16)6-2-7-22(13-18)10-15-5-8-24-12-15/h3-5,8,12,16H,2,6-7,9-11,13H2,1H3,(H,19,21)/t16-,18-/m1/s1. The second kappa shape index (κ2) is 6.78. The summed E-state index contributed by atoms with van der Waals surface area (Å²) in [6.07, 6.45) is 3.41. The number of piperidine rings is 1. The van der Waals surface area contributed by atoms with E-state index in [1.807, 2.05) is 19.1 Å². The fraction of sp³-hybridized carbons (Fsp3) is 0.556. The first-order valence-corrected chi connectivity index (χ1v) is 9.59. The molecule has 6 heteroatoms. The van der Waals surface area contributed by atoms with Crippen molar-refractivity contribution in [2.75, 3.05) is 25.0 Å². The normalized spacial score (nSPS) is 27.6. The van der Waals surface area contributed by atoms with Crippen molar-refractivity contribution in [1.82, 2.24) is 15.1 Å². The number of hydrogen-bond donors (Lipinski definition) is 1. The number of hydrogen-bond acceptors (Lipinski definition) is 6. The van der Waals surface area contributed by atoms with Gasteiger partial charge >= 0.3 is 0 Å². The van der Waals surface area contributed by atoms with Gasteiger partial charge in [0.2, 0.25) is 0 Å². The van der Waals surface area contributed by atoms with Gasteiger partial charge in [-0.3, -0.25) is 4.90 Å². The number of likely N-dealkylation sites (tertiary alicyclic amines) is 1. The summed E-state index contributed by atoms with van der Waals surface area (Å²) >= 11 is 1.77. The molecule has 2 atom stereocenters. The zero-order chi connectivity index (χ0) is 16.4. The van der Waals surface area contributed by atoms with E-state index in [0.29, 0.717) is 6.04 Å². The van der Waals surface area contributed by atoms with Crippen LogP contribution in [0, 0.1) is 6.92 Å². The summed E-state index contributed by atoms with van der Waals surface area (Å²) in [6.45, 7) is 5.94. The number of thiophene rings is 1. The Hall–Kier alpha value is -1.50. The summed E-state index contributed by atoms with van der Waals surface area (Å²) in [5.74, 6) is 0.845. The molecule has 2 aromatic rings. The van der Waals surface area contributed by atoms with E-state index in [-0.39, 0.29) is 5.60 Å². The van der Waals surface area contributed by atoms with Crippen LogP contribution in [0.25, 0.3) is 0 Å². The molecular weight excluding hydrogens is 320 g/mol. The first-order valence-electron chi connectivity index (χ1n) is 8.65. The molecule has 1 spiro atoms. The van der Waals surface area contributed by atoms with E-state index in [9.17, 15) is 0 Å². The van der Waals surface area contributed by atoms with Crippen molar-refractivity contribution < 1.29 is 4.74 Å². The van der Waals surface area contributed by atoms with E-state index < -0.39 is 0 Å². The van der Waals surface area contributed by atoms with Crippen LogP contribution < -0.4 is 5.32 Å². The van der Waals surface area contributed by atoms with Crippen molar-refractivity contribution in [2.45, 2.75) is 44.4 Å². The van der Waals surface area contributed by atoms with Gasteiger partial charge in [-0.25, -0.2) is 0 Å². The van der Waals surface area contributed by atoms with Crippen LogP contribution in [-0.4, -0.2) is 46.4 Å². The van der Waals surface area contributed by atoms with Crippen molar-refractivity contribution in [3.63, 3.8) is 0 Å². The Balaban J connectivity index is 1.36. The Bertz CT molecular complexity index is 660. The van der Waals surface area contributed by atoms with E-state index in [4.69, 9.17) is 4.74 Å². The van der Waals surface area contributed by atoms with Crippen molar-refractivity contribution in [1.29, 1.82) is 0 Å². The number of aromatic nitrogens is 2. The molecule has 24 heavy (non-hydrogen) atoms. The number of ether oxygens (including phenoxy) is 1. The van der Waals surface area contributed by atoms with Crippen molar-refractivity contribution in [2.24, 2.45) is 0 Å². The number of aryl methyl sites for hydroxylation is 1. The predicted molar refractivity (Wildman–Crippen MR) is 96.3 cm³/mol. The molecule has 1 N–H and O–H groups in total. The van der Waals surface area contributed by atoms with Crippen molar-refractivity contribution in [3.05, 3.63) is 40.2 Å². The fourth-order valence-electron chi connectivity index (χ4n) is 3.87. The number of nitrogens with zero attached hydrogens (tertiary/aromatic N) is 3. The van der Waals surface area contributed by atoms with Gasteiger partial charge in [0.05, 0.1) is 23.9 Å². The molecule has 2 fully saturated rings. The first kappa shape index (κ1) is 16.0. The van der Waals surface area contributed by atoms with Crippen LogP contribution in [-0.2, 0) is 11.3 Å². The average molecular weight is 344 g/mol. The maximum absolute atomic E-state index is 6.29. The third-order valence-corrected chi connectivity index (χ3v) is 5.70. The van der Waals surface area contributed by atoms with Gasteiger partial charge in [0.1, 0.15) is 5.82 Å². The Morgan fingerprint density at radius 2 is 2.33 bits per heavy atom. The summed E-state index contributed by atoms with van der Waals surface area (Å²) in [7, 11) is 0. The van der Waals surface area contributed by atoms with Gasteiger partial charge in [0.15, 0.2) is 0 Å². The summed E-state index contributed by atoms with van der Waals surface area (Å²) < 4.78 is 6.29. The molecular formula is C18H24N4OS. The fourth-order valence-corrected chi connectivity index (χ4v) is 4.53. The van der Waals surface area contributed by atoms with Gasteiger partial charge in [-0.2, -0.15) is 16.4 Å². The zero-order valence-corrected chi connectivity index (χ0v) is 14.9. The highest BCUT2D eigenvalue weighted by molar-refractivity contribution is 7.07. The highest BCUT2D eigenvalue weighted by Gasteiger charge is 2.43.